The number of hydrogen-bond donors (Lipinski definition) is 3. The van der Waals surface area contributed by atoms with Crippen LogP contribution in [0.5, 0.6) is 5.75 Å². The molecule has 0 aliphatic rings. The maximum absolute atomic E-state index is 12.3. The number of methoxy groups -OCH3 is 1. The predicted molar refractivity (Wildman–Crippen MR) is 106 cm³/mol. The zero-order valence-corrected chi connectivity index (χ0v) is 16.1. The van der Waals surface area contributed by atoms with Gasteiger partial charge in [0.05, 0.1) is 29.2 Å². The molecule has 1 amide bonds. The van der Waals surface area contributed by atoms with Crippen molar-refractivity contribution in [2.75, 3.05) is 37.5 Å². The highest BCUT2D eigenvalue weighted by Crippen LogP contribution is 2.27. The van der Waals surface area contributed by atoms with Crippen LogP contribution < -0.4 is 15.4 Å². The van der Waals surface area contributed by atoms with Crippen LogP contribution in [0.1, 0.15) is 10.4 Å². The van der Waals surface area contributed by atoms with Gasteiger partial charge in [0.15, 0.2) is 6.61 Å². The first kappa shape index (κ1) is 21.9. The van der Waals surface area contributed by atoms with Gasteiger partial charge in [0.1, 0.15) is 5.75 Å². The van der Waals surface area contributed by atoms with Gasteiger partial charge in [-0.1, -0.05) is 11.6 Å². The van der Waals surface area contributed by atoms with E-state index in [4.69, 9.17) is 26.2 Å². The number of nitrogens with zero attached hydrogens (tertiary/aromatic N) is 1. The summed E-state index contributed by atoms with van der Waals surface area (Å²) in [5, 5.41) is 25.4. The highest BCUT2D eigenvalue weighted by Gasteiger charge is 2.19. The second-order valence-electron chi connectivity index (χ2n) is 5.61. The number of nitro groups is 1. The van der Waals surface area contributed by atoms with Crippen molar-refractivity contribution in [3.05, 3.63) is 57.1 Å². The van der Waals surface area contributed by atoms with Crippen LogP contribution in [0.3, 0.4) is 0 Å². The summed E-state index contributed by atoms with van der Waals surface area (Å²) in [7, 11) is 1.45. The van der Waals surface area contributed by atoms with Crippen LogP contribution in [-0.2, 0) is 9.53 Å². The van der Waals surface area contributed by atoms with Crippen molar-refractivity contribution in [3.8, 4) is 5.75 Å². The van der Waals surface area contributed by atoms with E-state index in [1.165, 1.54) is 25.3 Å². The van der Waals surface area contributed by atoms with Gasteiger partial charge in [-0.3, -0.25) is 14.9 Å². The van der Waals surface area contributed by atoms with E-state index in [0.29, 0.717) is 16.5 Å². The number of anilines is 2. The fourth-order valence-corrected chi connectivity index (χ4v) is 2.57. The molecular weight excluding hydrogens is 406 g/mol. The van der Waals surface area contributed by atoms with Crippen molar-refractivity contribution in [1.29, 1.82) is 0 Å². The molecule has 154 valence electrons. The second kappa shape index (κ2) is 10.2. The lowest BCUT2D eigenvalue weighted by Crippen LogP contribution is -2.21. The van der Waals surface area contributed by atoms with Crippen LogP contribution in [0.25, 0.3) is 0 Å². The molecule has 0 spiro atoms. The van der Waals surface area contributed by atoms with Crippen LogP contribution in [0, 0.1) is 10.1 Å². The molecule has 0 saturated heterocycles. The lowest BCUT2D eigenvalue weighted by atomic mass is 10.1. The van der Waals surface area contributed by atoms with Gasteiger partial charge < -0.3 is 25.2 Å². The minimum Gasteiger partial charge on any atom is -0.495 e. The number of carbonyl (C=O) groups is 2. The second-order valence-corrected chi connectivity index (χ2v) is 6.02. The summed E-state index contributed by atoms with van der Waals surface area (Å²) in [5.41, 5.74) is 0.159. The molecule has 0 radical (unpaired) electrons. The average molecular weight is 424 g/mol. The Kier molecular flexibility index (Phi) is 7.75. The van der Waals surface area contributed by atoms with Crippen molar-refractivity contribution in [1.82, 2.24) is 0 Å². The Morgan fingerprint density at radius 1 is 1.24 bits per heavy atom. The quantitative estimate of drug-likeness (QED) is 0.317. The first-order chi connectivity index (χ1) is 13.8. The summed E-state index contributed by atoms with van der Waals surface area (Å²) in [6, 6.07) is 8.15. The van der Waals surface area contributed by atoms with E-state index < -0.39 is 23.4 Å². The minimum atomic E-state index is -0.933. The number of hydrogen-bond acceptors (Lipinski definition) is 8. The number of esters is 1. The molecule has 0 fully saturated rings. The molecule has 0 aliphatic carbocycles. The number of benzene rings is 2. The number of rotatable bonds is 9. The number of halogens is 1. The minimum absolute atomic E-state index is 0.122. The fourth-order valence-electron chi connectivity index (χ4n) is 2.31. The van der Waals surface area contributed by atoms with E-state index in [9.17, 15) is 19.7 Å². The molecular formula is C18H18ClN3O7. The third-order valence-corrected chi connectivity index (χ3v) is 3.93. The molecule has 3 N–H and O–H groups in total. The molecule has 0 bridgehead atoms. The monoisotopic (exact) mass is 423 g/mol. The summed E-state index contributed by atoms with van der Waals surface area (Å²) in [6.07, 6.45) is 0. The van der Waals surface area contributed by atoms with Gasteiger partial charge in [-0.25, -0.2) is 4.79 Å². The molecule has 0 atom stereocenters. The lowest BCUT2D eigenvalue weighted by molar-refractivity contribution is -0.384. The maximum atomic E-state index is 12.3. The van der Waals surface area contributed by atoms with Gasteiger partial charge >= 0.3 is 5.97 Å². The van der Waals surface area contributed by atoms with Gasteiger partial charge in [-0.15, -0.1) is 0 Å². The Morgan fingerprint density at radius 2 is 2.00 bits per heavy atom. The van der Waals surface area contributed by atoms with E-state index in [0.717, 1.165) is 6.07 Å². The zero-order valence-electron chi connectivity index (χ0n) is 15.3. The van der Waals surface area contributed by atoms with Crippen LogP contribution >= 0.6 is 11.6 Å². The predicted octanol–water partition coefficient (Wildman–Crippen LogP) is 2.46. The highest BCUT2D eigenvalue weighted by molar-refractivity contribution is 6.32. The SMILES string of the molecule is COc1ccc(NC(=O)COC(=O)c2cc([N+](=O)[O-])ccc2NCCO)cc1Cl. The van der Waals surface area contributed by atoms with E-state index in [-0.39, 0.29) is 30.1 Å². The molecule has 11 heteroatoms. The van der Waals surface area contributed by atoms with Crippen LogP contribution in [0.2, 0.25) is 5.02 Å². The molecule has 0 saturated carbocycles. The Bertz CT molecular complexity index is 920. The third kappa shape index (κ3) is 6.06. The van der Waals surface area contributed by atoms with Crippen molar-refractivity contribution in [2.45, 2.75) is 0 Å². The molecule has 29 heavy (non-hydrogen) atoms. The lowest BCUT2D eigenvalue weighted by Gasteiger charge is -2.11. The summed E-state index contributed by atoms with van der Waals surface area (Å²) in [6.45, 7) is -0.709. The number of ether oxygens (including phenoxy) is 2. The topological polar surface area (TPSA) is 140 Å². The van der Waals surface area contributed by atoms with Crippen LogP contribution in [-0.4, -0.2) is 48.8 Å². The number of carbonyl (C=O) groups excluding carboxylic acids is 2. The maximum Gasteiger partial charge on any atom is 0.341 e. The number of nitrogens with one attached hydrogen (secondary N) is 2. The molecule has 0 aromatic heterocycles. The fraction of sp³-hybridized carbons (Fsp3) is 0.222. The highest BCUT2D eigenvalue weighted by atomic mass is 35.5. The standard InChI is InChI=1S/C18H18ClN3O7/c1-28-16-5-2-11(8-14(16)19)21-17(24)10-29-18(25)13-9-12(22(26)27)3-4-15(13)20-6-7-23/h2-5,8-9,20,23H,6-7,10H2,1H3,(H,21,24). The summed E-state index contributed by atoms with van der Waals surface area (Å²) in [4.78, 5) is 34.7. The Morgan fingerprint density at radius 3 is 2.62 bits per heavy atom. The zero-order chi connectivity index (χ0) is 21.4. The number of non-ortho nitro benzene ring substituents is 1. The van der Waals surface area contributed by atoms with Crippen LogP contribution in [0.15, 0.2) is 36.4 Å². The smallest absolute Gasteiger partial charge is 0.341 e. The summed E-state index contributed by atoms with van der Waals surface area (Å²) < 4.78 is 9.97. The number of amides is 1. The third-order valence-electron chi connectivity index (χ3n) is 3.63. The van der Waals surface area contributed by atoms with Crippen molar-refractivity contribution >= 4 is 40.5 Å². The number of aliphatic hydroxyl groups is 1. The molecule has 10 nitrogen and oxygen atoms in total. The number of aliphatic hydroxyl groups excluding tert-OH is 1. The van der Waals surface area contributed by atoms with Crippen molar-refractivity contribution in [2.24, 2.45) is 0 Å². The number of nitro benzene ring substituents is 1. The van der Waals surface area contributed by atoms with E-state index in [1.807, 2.05) is 0 Å². The molecule has 0 heterocycles. The van der Waals surface area contributed by atoms with Gasteiger partial charge in [0.2, 0.25) is 0 Å². The van der Waals surface area contributed by atoms with Gasteiger partial charge in [-0.05, 0) is 24.3 Å². The Hall–Kier alpha value is -3.37. The molecule has 2 rings (SSSR count). The molecule has 2 aromatic rings. The van der Waals surface area contributed by atoms with E-state index in [1.54, 1.807) is 12.1 Å². The summed E-state index contributed by atoms with van der Waals surface area (Å²) in [5.74, 6) is -1.13. The first-order valence-electron chi connectivity index (χ1n) is 8.29. The first-order valence-corrected chi connectivity index (χ1v) is 8.67. The van der Waals surface area contributed by atoms with Gasteiger partial charge in [-0.2, -0.15) is 0 Å². The largest absolute Gasteiger partial charge is 0.495 e. The molecule has 0 unspecified atom stereocenters. The van der Waals surface area contributed by atoms with Crippen LogP contribution in [0.4, 0.5) is 17.1 Å². The Balaban J connectivity index is 2.05. The van der Waals surface area contributed by atoms with Gasteiger partial charge in [0.25, 0.3) is 11.6 Å². The Labute approximate surface area is 170 Å². The van der Waals surface area contributed by atoms with Gasteiger partial charge in [0, 0.05) is 30.1 Å². The van der Waals surface area contributed by atoms with E-state index in [2.05, 4.69) is 10.6 Å². The summed E-state index contributed by atoms with van der Waals surface area (Å²) >= 11 is 5.98. The van der Waals surface area contributed by atoms with E-state index >= 15 is 0 Å². The molecule has 0 aliphatic heterocycles. The normalized spacial score (nSPS) is 10.2. The van der Waals surface area contributed by atoms with Crippen molar-refractivity contribution in [3.63, 3.8) is 0 Å². The van der Waals surface area contributed by atoms with Crippen molar-refractivity contribution < 1.29 is 29.1 Å². The molecule has 2 aromatic carbocycles. The average Bonchev–Trinajstić information content (AvgIpc) is 2.70.